The van der Waals surface area contributed by atoms with E-state index in [-0.39, 0.29) is 0 Å². The van der Waals surface area contributed by atoms with Crippen LogP contribution >= 0.6 is 0 Å². The minimum atomic E-state index is 0.333. The Labute approximate surface area is 108 Å². The van der Waals surface area contributed by atoms with Crippen LogP contribution in [-0.2, 0) is 6.42 Å². The lowest BCUT2D eigenvalue weighted by atomic mass is 10.1. The maximum atomic E-state index is 9.56. The number of aromatic hydroxyl groups is 1. The van der Waals surface area contributed by atoms with E-state index in [1.54, 1.807) is 6.07 Å². The minimum Gasteiger partial charge on any atom is -0.508 e. The predicted octanol–water partition coefficient (Wildman–Crippen LogP) is 3.15. The van der Waals surface area contributed by atoms with Gasteiger partial charge in [0.1, 0.15) is 5.75 Å². The average molecular weight is 246 g/mol. The zero-order chi connectivity index (χ0) is 13.1. The van der Waals surface area contributed by atoms with Crippen molar-refractivity contribution in [1.82, 2.24) is 9.88 Å². The normalized spacial score (nSPS) is 11.8. The van der Waals surface area contributed by atoms with Crippen LogP contribution in [0, 0.1) is 0 Å². The van der Waals surface area contributed by atoms with Gasteiger partial charge >= 0.3 is 0 Å². The third kappa shape index (κ3) is 2.67. The molecular formula is C15H22N2O. The fourth-order valence-electron chi connectivity index (χ4n) is 2.42. The van der Waals surface area contributed by atoms with Gasteiger partial charge in [0.25, 0.3) is 0 Å². The summed E-state index contributed by atoms with van der Waals surface area (Å²) in [6, 6.07) is 6.06. The molecule has 98 valence electrons. The molecule has 0 saturated carbocycles. The van der Waals surface area contributed by atoms with E-state index in [4.69, 9.17) is 0 Å². The van der Waals surface area contributed by atoms with Crippen molar-refractivity contribution in [2.45, 2.75) is 33.2 Å². The first-order valence-corrected chi connectivity index (χ1v) is 6.65. The number of nitrogens with zero attached hydrogens (tertiary/aromatic N) is 1. The Morgan fingerprint density at radius 2 is 2.11 bits per heavy atom. The van der Waals surface area contributed by atoms with Crippen LogP contribution in [0.4, 0.5) is 0 Å². The molecule has 2 N–H and O–H groups in total. The molecular weight excluding hydrogens is 224 g/mol. The quantitative estimate of drug-likeness (QED) is 0.850. The molecule has 0 aliphatic heterocycles. The molecule has 1 aromatic carbocycles. The van der Waals surface area contributed by atoms with Crippen LogP contribution in [0.15, 0.2) is 24.4 Å². The Kier molecular flexibility index (Phi) is 3.92. The zero-order valence-electron chi connectivity index (χ0n) is 11.4. The number of phenols is 1. The monoisotopic (exact) mass is 246 g/mol. The molecule has 2 rings (SSSR count). The average Bonchev–Trinajstić information content (AvgIpc) is 2.72. The van der Waals surface area contributed by atoms with Crippen LogP contribution in [-0.4, -0.2) is 34.1 Å². The standard InChI is InChI=1S/C15H22N2O/c1-4-17(11(2)3)8-7-12-10-16-15-6-5-13(18)9-14(12)15/h5-6,9-11,16,18H,4,7-8H2,1-3H3. The van der Waals surface area contributed by atoms with E-state index in [9.17, 15) is 5.11 Å². The van der Waals surface area contributed by atoms with E-state index in [1.165, 1.54) is 5.56 Å². The fraction of sp³-hybridized carbons (Fsp3) is 0.467. The topological polar surface area (TPSA) is 39.3 Å². The van der Waals surface area contributed by atoms with Gasteiger partial charge in [-0.1, -0.05) is 6.92 Å². The summed E-state index contributed by atoms with van der Waals surface area (Å²) < 4.78 is 0. The number of fused-ring (bicyclic) bond motifs is 1. The van der Waals surface area contributed by atoms with Crippen molar-refractivity contribution in [2.75, 3.05) is 13.1 Å². The molecule has 3 heteroatoms. The van der Waals surface area contributed by atoms with Gasteiger partial charge in [-0.3, -0.25) is 0 Å². The number of hydrogen-bond donors (Lipinski definition) is 2. The molecule has 0 atom stereocenters. The molecule has 1 aromatic heterocycles. The van der Waals surface area contributed by atoms with Crippen molar-refractivity contribution < 1.29 is 5.11 Å². The Morgan fingerprint density at radius 3 is 2.78 bits per heavy atom. The molecule has 0 aliphatic carbocycles. The summed E-state index contributed by atoms with van der Waals surface area (Å²) in [6.07, 6.45) is 3.06. The van der Waals surface area contributed by atoms with E-state index in [1.807, 2.05) is 12.1 Å². The van der Waals surface area contributed by atoms with Gasteiger partial charge < -0.3 is 15.0 Å². The van der Waals surface area contributed by atoms with E-state index in [0.717, 1.165) is 30.4 Å². The largest absolute Gasteiger partial charge is 0.508 e. The minimum absolute atomic E-state index is 0.333. The number of H-pyrrole nitrogens is 1. The van der Waals surface area contributed by atoms with Gasteiger partial charge in [-0.05, 0) is 50.6 Å². The van der Waals surface area contributed by atoms with Crippen LogP contribution in [0.2, 0.25) is 0 Å². The molecule has 0 fully saturated rings. The second-order valence-electron chi connectivity index (χ2n) is 5.02. The number of nitrogens with one attached hydrogen (secondary N) is 1. The van der Waals surface area contributed by atoms with E-state index in [2.05, 4.69) is 36.9 Å². The molecule has 18 heavy (non-hydrogen) atoms. The summed E-state index contributed by atoms with van der Waals surface area (Å²) in [7, 11) is 0. The molecule has 0 saturated heterocycles. The van der Waals surface area contributed by atoms with Crippen molar-refractivity contribution in [3.05, 3.63) is 30.0 Å². The van der Waals surface area contributed by atoms with Crippen LogP contribution < -0.4 is 0 Å². The maximum Gasteiger partial charge on any atom is 0.116 e. The lowest BCUT2D eigenvalue weighted by Crippen LogP contribution is -2.32. The van der Waals surface area contributed by atoms with E-state index < -0.39 is 0 Å². The predicted molar refractivity (Wildman–Crippen MR) is 76.1 cm³/mol. The SMILES string of the molecule is CCN(CCc1c[nH]c2ccc(O)cc12)C(C)C. The number of aromatic nitrogens is 1. The van der Waals surface area contributed by atoms with Crippen molar-refractivity contribution in [3.8, 4) is 5.75 Å². The van der Waals surface area contributed by atoms with Gasteiger partial charge in [0.05, 0.1) is 0 Å². The summed E-state index contributed by atoms with van der Waals surface area (Å²) in [5.74, 6) is 0.333. The van der Waals surface area contributed by atoms with Crippen molar-refractivity contribution >= 4 is 10.9 Å². The molecule has 1 heterocycles. The fourth-order valence-corrected chi connectivity index (χ4v) is 2.42. The number of phenolic OH excluding ortho intramolecular Hbond substituents is 1. The molecule has 2 aromatic rings. The summed E-state index contributed by atoms with van der Waals surface area (Å²) >= 11 is 0. The molecule has 0 spiro atoms. The van der Waals surface area contributed by atoms with E-state index >= 15 is 0 Å². The van der Waals surface area contributed by atoms with Crippen molar-refractivity contribution in [2.24, 2.45) is 0 Å². The Bertz CT molecular complexity index is 516. The molecule has 0 amide bonds. The van der Waals surface area contributed by atoms with Crippen LogP contribution in [0.5, 0.6) is 5.75 Å². The summed E-state index contributed by atoms with van der Waals surface area (Å²) in [5, 5.41) is 10.7. The first-order valence-electron chi connectivity index (χ1n) is 6.65. The number of aromatic amines is 1. The molecule has 0 aliphatic rings. The second kappa shape index (κ2) is 5.44. The highest BCUT2D eigenvalue weighted by atomic mass is 16.3. The summed E-state index contributed by atoms with van der Waals surface area (Å²) in [5.41, 5.74) is 2.37. The van der Waals surface area contributed by atoms with Crippen LogP contribution in [0.3, 0.4) is 0 Å². The first-order chi connectivity index (χ1) is 8.61. The van der Waals surface area contributed by atoms with Crippen molar-refractivity contribution in [1.29, 1.82) is 0 Å². The van der Waals surface area contributed by atoms with Gasteiger partial charge in [-0.15, -0.1) is 0 Å². The van der Waals surface area contributed by atoms with Gasteiger partial charge in [-0.2, -0.15) is 0 Å². The van der Waals surface area contributed by atoms with Gasteiger partial charge in [0.2, 0.25) is 0 Å². The number of rotatable bonds is 5. The third-order valence-electron chi connectivity index (χ3n) is 3.56. The highest BCUT2D eigenvalue weighted by molar-refractivity contribution is 5.84. The zero-order valence-corrected chi connectivity index (χ0v) is 11.4. The van der Waals surface area contributed by atoms with Gasteiger partial charge in [0.15, 0.2) is 0 Å². The summed E-state index contributed by atoms with van der Waals surface area (Å²) in [6.45, 7) is 8.78. The number of hydrogen-bond acceptors (Lipinski definition) is 2. The van der Waals surface area contributed by atoms with Crippen molar-refractivity contribution in [3.63, 3.8) is 0 Å². The molecule has 0 unspecified atom stereocenters. The lowest BCUT2D eigenvalue weighted by Gasteiger charge is -2.24. The Morgan fingerprint density at radius 1 is 1.33 bits per heavy atom. The van der Waals surface area contributed by atoms with Crippen LogP contribution in [0.25, 0.3) is 10.9 Å². The molecule has 0 bridgehead atoms. The van der Waals surface area contributed by atoms with Gasteiger partial charge in [0, 0.05) is 29.7 Å². The lowest BCUT2D eigenvalue weighted by molar-refractivity contribution is 0.237. The number of likely N-dealkylation sites (N-methyl/N-ethyl adjacent to an activating group) is 1. The smallest absolute Gasteiger partial charge is 0.116 e. The molecule has 0 radical (unpaired) electrons. The number of benzene rings is 1. The second-order valence-corrected chi connectivity index (χ2v) is 5.02. The Hall–Kier alpha value is -1.48. The first kappa shape index (κ1) is 13.0. The molecule has 3 nitrogen and oxygen atoms in total. The highest BCUT2D eigenvalue weighted by Gasteiger charge is 2.09. The Balaban J connectivity index is 2.14. The highest BCUT2D eigenvalue weighted by Crippen LogP contribution is 2.23. The third-order valence-corrected chi connectivity index (χ3v) is 3.56. The summed E-state index contributed by atoms with van der Waals surface area (Å²) in [4.78, 5) is 5.70. The van der Waals surface area contributed by atoms with E-state index in [0.29, 0.717) is 11.8 Å². The maximum absolute atomic E-state index is 9.56. The van der Waals surface area contributed by atoms with Crippen LogP contribution in [0.1, 0.15) is 26.3 Å². The van der Waals surface area contributed by atoms with Gasteiger partial charge in [-0.25, -0.2) is 0 Å².